The van der Waals surface area contributed by atoms with E-state index < -0.39 is 5.31 Å². The Morgan fingerprint density at radius 1 is 0.556 bits per heavy atom. The molecule has 0 unspecified atom stereocenters. The van der Waals surface area contributed by atoms with Gasteiger partial charge in [0.1, 0.15) is 0 Å². The Kier molecular flexibility index (Phi) is 6.90. The molecule has 0 aliphatic rings. The van der Waals surface area contributed by atoms with Crippen LogP contribution in [0.2, 0.25) is 0 Å². The van der Waals surface area contributed by atoms with Crippen molar-refractivity contribution in [3.8, 4) is 0 Å². The van der Waals surface area contributed by atoms with Crippen LogP contribution in [0.25, 0.3) is 0 Å². The monoisotopic (exact) mass is 440 g/mol. The van der Waals surface area contributed by atoms with Crippen LogP contribution in [0.3, 0.4) is 0 Å². The Morgan fingerprint density at radius 3 is 1.30 bits per heavy atom. The summed E-state index contributed by atoms with van der Waals surface area (Å²) in [6.45, 7) is 2.28. The quantitative estimate of drug-likeness (QED) is 0.253. The number of rotatable bonds is 9. The Morgan fingerprint density at radius 2 is 0.926 bits per heavy atom. The van der Waals surface area contributed by atoms with Crippen LogP contribution in [0.4, 0.5) is 0 Å². The summed E-state index contributed by atoms with van der Waals surface area (Å²) in [7, 11) is 0. The summed E-state index contributed by atoms with van der Waals surface area (Å²) in [4.78, 5) is 0. The molecule has 0 atom stereocenters. The topological polar surface area (TPSA) is 0 Å². The van der Waals surface area contributed by atoms with E-state index in [1.807, 2.05) is 0 Å². The van der Waals surface area contributed by atoms with E-state index in [2.05, 4.69) is 113 Å². The number of benzene rings is 3. The molecule has 0 N–H and O–H groups in total. The number of hydrogen-bond acceptors (Lipinski definition) is 0. The molecule has 0 nitrogen and oxygen atoms in total. The average Bonchev–Trinajstić information content (AvgIpc) is 2.75. The van der Waals surface area contributed by atoms with Crippen LogP contribution in [0.15, 0.2) is 91.0 Å². The molecule has 0 aliphatic heterocycles. The second kappa shape index (κ2) is 9.18. The van der Waals surface area contributed by atoms with Gasteiger partial charge in [-0.2, -0.15) is 0 Å². The third-order valence-corrected chi connectivity index (χ3v) is 15.6. The maximum atomic E-state index is 4.52. The van der Waals surface area contributed by atoms with E-state index in [1.54, 1.807) is 0 Å². The predicted octanol–water partition coefficient (Wildman–Crippen LogP) is 6.80. The fourth-order valence-electron chi connectivity index (χ4n) is 4.06. The SMILES string of the molecule is CCCCCCCP(Br)(c1ccccc1)(c1ccccc1)c1ccccc1. The molecule has 0 saturated carbocycles. The molecular weight excluding hydrogens is 411 g/mol. The molecule has 3 aromatic rings. The van der Waals surface area contributed by atoms with Crippen LogP contribution in [0.1, 0.15) is 39.0 Å². The molecule has 0 aliphatic carbocycles. The summed E-state index contributed by atoms with van der Waals surface area (Å²) >= 11 is 4.52. The second-order valence-corrected chi connectivity index (χ2v) is 16.4. The van der Waals surface area contributed by atoms with Gasteiger partial charge in [0.05, 0.1) is 0 Å². The van der Waals surface area contributed by atoms with Gasteiger partial charge in [0.2, 0.25) is 0 Å². The van der Waals surface area contributed by atoms with Crippen LogP contribution in [0.5, 0.6) is 0 Å². The molecule has 3 aromatic carbocycles. The summed E-state index contributed by atoms with van der Waals surface area (Å²) in [6.07, 6.45) is 7.64. The number of halogens is 1. The van der Waals surface area contributed by atoms with Gasteiger partial charge in [-0.25, -0.2) is 0 Å². The first-order valence-electron chi connectivity index (χ1n) is 10.1. The molecule has 0 heterocycles. The van der Waals surface area contributed by atoms with E-state index in [0.29, 0.717) is 0 Å². The van der Waals surface area contributed by atoms with E-state index in [1.165, 1.54) is 48.0 Å². The van der Waals surface area contributed by atoms with Crippen LogP contribution < -0.4 is 15.9 Å². The summed E-state index contributed by atoms with van der Waals surface area (Å²) in [5.41, 5.74) is 0. The molecular formula is C25H30BrP. The van der Waals surface area contributed by atoms with Crippen LogP contribution in [0, 0.1) is 0 Å². The molecule has 0 spiro atoms. The Bertz CT molecular complexity index is 715. The Hall–Kier alpha value is -1.43. The van der Waals surface area contributed by atoms with Gasteiger partial charge in [-0.3, -0.25) is 0 Å². The molecule has 0 saturated heterocycles. The molecule has 2 heteroatoms. The third kappa shape index (κ3) is 4.05. The zero-order chi connectivity index (χ0) is 19.0. The van der Waals surface area contributed by atoms with E-state index in [4.69, 9.17) is 0 Å². The van der Waals surface area contributed by atoms with E-state index in [9.17, 15) is 0 Å². The predicted molar refractivity (Wildman–Crippen MR) is 128 cm³/mol. The summed E-state index contributed by atoms with van der Waals surface area (Å²) < 4.78 is 0. The minimum absolute atomic E-state index is 1.16. The van der Waals surface area contributed by atoms with Gasteiger partial charge in [-0.05, 0) is 0 Å². The average molecular weight is 441 g/mol. The summed E-state index contributed by atoms with van der Waals surface area (Å²) in [5.74, 6) is 0. The van der Waals surface area contributed by atoms with Gasteiger partial charge in [-0.1, -0.05) is 0 Å². The molecule has 0 amide bonds. The molecule has 142 valence electrons. The Labute approximate surface area is 172 Å². The minimum atomic E-state index is -2.68. The van der Waals surface area contributed by atoms with Crippen molar-refractivity contribution in [2.75, 3.05) is 6.16 Å². The zero-order valence-corrected chi connectivity index (χ0v) is 18.7. The zero-order valence-electron chi connectivity index (χ0n) is 16.2. The normalized spacial score (nSPS) is 13.0. The molecule has 0 fully saturated rings. The van der Waals surface area contributed by atoms with Gasteiger partial charge >= 0.3 is 173 Å². The van der Waals surface area contributed by atoms with Crippen molar-refractivity contribution in [2.45, 2.75) is 39.0 Å². The molecule has 0 radical (unpaired) electrons. The molecule has 0 bridgehead atoms. The summed E-state index contributed by atoms with van der Waals surface area (Å²) in [6, 6.07) is 33.4. The molecule has 27 heavy (non-hydrogen) atoms. The van der Waals surface area contributed by atoms with Crippen LogP contribution >= 0.6 is 20.8 Å². The van der Waals surface area contributed by atoms with E-state index in [0.717, 1.165) is 6.16 Å². The van der Waals surface area contributed by atoms with Gasteiger partial charge in [0, 0.05) is 0 Å². The van der Waals surface area contributed by atoms with Crippen molar-refractivity contribution in [3.05, 3.63) is 91.0 Å². The molecule has 0 aromatic heterocycles. The first-order chi connectivity index (χ1) is 13.2. The van der Waals surface area contributed by atoms with Crippen molar-refractivity contribution in [1.29, 1.82) is 0 Å². The second-order valence-electron chi connectivity index (χ2n) is 7.33. The maximum absolute atomic E-state index is 4.52. The van der Waals surface area contributed by atoms with Gasteiger partial charge in [0.25, 0.3) is 0 Å². The van der Waals surface area contributed by atoms with Crippen molar-refractivity contribution in [3.63, 3.8) is 0 Å². The van der Waals surface area contributed by atoms with Crippen molar-refractivity contribution >= 4 is 36.7 Å². The van der Waals surface area contributed by atoms with Gasteiger partial charge in [-0.15, -0.1) is 0 Å². The van der Waals surface area contributed by atoms with Gasteiger partial charge in [0.15, 0.2) is 0 Å². The van der Waals surface area contributed by atoms with Crippen LogP contribution in [-0.4, -0.2) is 6.16 Å². The van der Waals surface area contributed by atoms with Gasteiger partial charge < -0.3 is 0 Å². The fourth-order valence-corrected chi connectivity index (χ4v) is 11.8. The summed E-state index contributed by atoms with van der Waals surface area (Å²) in [5, 5.41) is 1.60. The van der Waals surface area contributed by atoms with E-state index >= 15 is 0 Å². The van der Waals surface area contributed by atoms with Crippen molar-refractivity contribution in [2.24, 2.45) is 0 Å². The number of hydrogen-bond donors (Lipinski definition) is 0. The third-order valence-electron chi connectivity index (χ3n) is 5.57. The number of unbranched alkanes of at least 4 members (excludes halogenated alkanes) is 4. The first-order valence-corrected chi connectivity index (χ1v) is 14.5. The Balaban J connectivity index is 2.16. The standard InChI is InChI=1S/C25H30BrP/c1-2-3-4-5-15-22-27(26,23-16-9-6-10-17-23,24-18-11-7-12-19-24)25-20-13-8-14-21-25/h6-14,16-21H,2-5,15,22H2,1H3. The van der Waals surface area contributed by atoms with E-state index in [-0.39, 0.29) is 0 Å². The molecule has 3 rings (SSSR count). The first kappa shape index (κ1) is 20.3. The fraction of sp³-hybridized carbons (Fsp3) is 0.280. The van der Waals surface area contributed by atoms with Crippen molar-refractivity contribution in [1.82, 2.24) is 0 Å². The van der Waals surface area contributed by atoms with Crippen LogP contribution in [-0.2, 0) is 0 Å². The van der Waals surface area contributed by atoms with Crippen molar-refractivity contribution < 1.29 is 0 Å².